The van der Waals surface area contributed by atoms with Gasteiger partial charge in [-0.15, -0.1) is 0 Å². The molecule has 130 valence electrons. The molecule has 0 amide bonds. The lowest BCUT2D eigenvalue weighted by Crippen LogP contribution is -2.21. The van der Waals surface area contributed by atoms with Crippen LogP contribution in [0.4, 0.5) is 0 Å². The van der Waals surface area contributed by atoms with E-state index < -0.39 is 0 Å². The molecule has 0 saturated carbocycles. The fraction of sp³-hybridized carbons (Fsp3) is 0.368. The van der Waals surface area contributed by atoms with Gasteiger partial charge < -0.3 is 19.3 Å². The Balaban J connectivity index is 2.47. The molecule has 0 aliphatic carbocycles. The predicted octanol–water partition coefficient (Wildman–Crippen LogP) is 2.80. The number of nitrogens with zero attached hydrogens (tertiary/aromatic N) is 1. The summed E-state index contributed by atoms with van der Waals surface area (Å²) in [4.78, 5) is 2.06. The molecule has 0 atom stereocenters. The standard InChI is InChI=1S/C19H25NO4/c1-20(9-10-21)13-14-5-7-18(23-3)16(11-14)17-12-15(22-2)6-8-19(17)24-4/h5-8,11-12,21H,9-10,13H2,1-4H3. The van der Waals surface area contributed by atoms with Crippen molar-refractivity contribution in [2.75, 3.05) is 41.5 Å². The van der Waals surface area contributed by atoms with Gasteiger partial charge in [-0.2, -0.15) is 0 Å². The zero-order valence-electron chi connectivity index (χ0n) is 14.7. The third-order valence-electron chi connectivity index (χ3n) is 3.89. The van der Waals surface area contributed by atoms with E-state index in [9.17, 15) is 0 Å². The first kappa shape index (κ1) is 18.1. The first-order valence-electron chi connectivity index (χ1n) is 7.81. The van der Waals surface area contributed by atoms with Crippen molar-refractivity contribution < 1.29 is 19.3 Å². The molecule has 2 rings (SSSR count). The molecule has 0 unspecified atom stereocenters. The minimum Gasteiger partial charge on any atom is -0.497 e. The average molecular weight is 331 g/mol. The first-order valence-corrected chi connectivity index (χ1v) is 7.81. The first-order chi connectivity index (χ1) is 11.6. The lowest BCUT2D eigenvalue weighted by atomic mass is 10.00. The molecule has 24 heavy (non-hydrogen) atoms. The summed E-state index contributed by atoms with van der Waals surface area (Å²) < 4.78 is 16.4. The van der Waals surface area contributed by atoms with E-state index in [1.165, 1.54) is 0 Å². The van der Waals surface area contributed by atoms with Crippen LogP contribution in [0.1, 0.15) is 5.56 Å². The van der Waals surface area contributed by atoms with Crippen LogP contribution in [0.25, 0.3) is 11.1 Å². The van der Waals surface area contributed by atoms with Crippen LogP contribution in [0.2, 0.25) is 0 Å². The van der Waals surface area contributed by atoms with Gasteiger partial charge in [-0.1, -0.05) is 6.07 Å². The Morgan fingerprint density at radius 3 is 2.08 bits per heavy atom. The van der Waals surface area contributed by atoms with Crippen molar-refractivity contribution >= 4 is 0 Å². The van der Waals surface area contributed by atoms with Crippen molar-refractivity contribution in [3.05, 3.63) is 42.0 Å². The number of methoxy groups -OCH3 is 3. The van der Waals surface area contributed by atoms with Gasteiger partial charge in [-0.25, -0.2) is 0 Å². The van der Waals surface area contributed by atoms with E-state index in [2.05, 4.69) is 11.0 Å². The number of ether oxygens (including phenoxy) is 3. The van der Waals surface area contributed by atoms with E-state index in [0.29, 0.717) is 6.54 Å². The largest absolute Gasteiger partial charge is 0.497 e. The van der Waals surface area contributed by atoms with E-state index in [-0.39, 0.29) is 6.61 Å². The van der Waals surface area contributed by atoms with Crippen LogP contribution in [-0.2, 0) is 6.54 Å². The number of hydrogen-bond acceptors (Lipinski definition) is 5. The predicted molar refractivity (Wildman–Crippen MR) is 95.0 cm³/mol. The zero-order valence-corrected chi connectivity index (χ0v) is 14.7. The minimum atomic E-state index is 0.142. The summed E-state index contributed by atoms with van der Waals surface area (Å²) in [7, 11) is 6.93. The highest BCUT2D eigenvalue weighted by atomic mass is 16.5. The maximum atomic E-state index is 9.06. The van der Waals surface area contributed by atoms with Gasteiger partial charge >= 0.3 is 0 Å². The van der Waals surface area contributed by atoms with E-state index in [1.54, 1.807) is 21.3 Å². The molecule has 0 fully saturated rings. The summed E-state index contributed by atoms with van der Waals surface area (Å²) >= 11 is 0. The minimum absolute atomic E-state index is 0.142. The molecule has 0 saturated heterocycles. The summed E-state index contributed by atoms with van der Waals surface area (Å²) in [5, 5.41) is 9.06. The average Bonchev–Trinajstić information content (AvgIpc) is 2.61. The SMILES string of the molecule is COc1ccc(OC)c(-c2cc(CN(C)CCO)ccc2OC)c1. The molecule has 0 aliphatic heterocycles. The third kappa shape index (κ3) is 4.19. The van der Waals surface area contributed by atoms with Crippen LogP contribution in [-0.4, -0.2) is 51.5 Å². The fourth-order valence-corrected chi connectivity index (χ4v) is 2.65. The summed E-state index contributed by atoms with van der Waals surface area (Å²) in [6, 6.07) is 11.8. The van der Waals surface area contributed by atoms with Crippen LogP contribution in [0, 0.1) is 0 Å². The summed E-state index contributed by atoms with van der Waals surface area (Å²) in [5.74, 6) is 2.29. The molecule has 1 N–H and O–H groups in total. The fourth-order valence-electron chi connectivity index (χ4n) is 2.65. The summed E-state index contributed by atoms with van der Waals surface area (Å²) in [6.07, 6.45) is 0. The van der Waals surface area contributed by atoms with Gasteiger partial charge in [0.1, 0.15) is 17.2 Å². The molecular weight excluding hydrogens is 306 g/mol. The van der Waals surface area contributed by atoms with Gasteiger partial charge in [-0.3, -0.25) is 4.90 Å². The van der Waals surface area contributed by atoms with Crippen LogP contribution < -0.4 is 14.2 Å². The molecule has 2 aromatic rings. The second-order valence-corrected chi connectivity index (χ2v) is 5.56. The molecule has 0 bridgehead atoms. The van der Waals surface area contributed by atoms with E-state index in [1.807, 2.05) is 37.4 Å². The second kappa shape index (κ2) is 8.57. The highest BCUT2D eigenvalue weighted by Gasteiger charge is 2.14. The second-order valence-electron chi connectivity index (χ2n) is 5.56. The Kier molecular flexibility index (Phi) is 6.46. The van der Waals surface area contributed by atoms with E-state index >= 15 is 0 Å². The smallest absolute Gasteiger partial charge is 0.127 e. The number of hydrogen-bond donors (Lipinski definition) is 1. The highest BCUT2D eigenvalue weighted by Crippen LogP contribution is 2.39. The van der Waals surface area contributed by atoms with Crippen molar-refractivity contribution in [3.8, 4) is 28.4 Å². The van der Waals surface area contributed by atoms with Crippen molar-refractivity contribution in [2.45, 2.75) is 6.54 Å². The Morgan fingerprint density at radius 2 is 1.50 bits per heavy atom. The van der Waals surface area contributed by atoms with Gasteiger partial charge in [-0.05, 0) is 42.9 Å². The quantitative estimate of drug-likeness (QED) is 0.806. The van der Waals surface area contributed by atoms with Crippen molar-refractivity contribution in [3.63, 3.8) is 0 Å². The Labute approximate surface area is 143 Å². The van der Waals surface area contributed by atoms with Gasteiger partial charge in [0, 0.05) is 24.2 Å². The number of benzene rings is 2. The molecule has 5 nitrogen and oxygen atoms in total. The highest BCUT2D eigenvalue weighted by molar-refractivity contribution is 5.77. The van der Waals surface area contributed by atoms with Gasteiger partial charge in [0.05, 0.1) is 27.9 Å². The van der Waals surface area contributed by atoms with Crippen molar-refractivity contribution in [1.82, 2.24) is 4.90 Å². The molecule has 0 aliphatic rings. The third-order valence-corrected chi connectivity index (χ3v) is 3.89. The topological polar surface area (TPSA) is 51.2 Å². The molecule has 0 aromatic heterocycles. The number of aliphatic hydroxyl groups excluding tert-OH is 1. The lowest BCUT2D eigenvalue weighted by Gasteiger charge is -2.18. The molecule has 5 heteroatoms. The molecule has 2 aromatic carbocycles. The normalized spacial score (nSPS) is 10.8. The van der Waals surface area contributed by atoms with E-state index in [4.69, 9.17) is 19.3 Å². The molecule has 0 radical (unpaired) electrons. The maximum absolute atomic E-state index is 9.06. The van der Waals surface area contributed by atoms with Crippen LogP contribution >= 0.6 is 0 Å². The van der Waals surface area contributed by atoms with E-state index in [0.717, 1.165) is 40.5 Å². The van der Waals surface area contributed by atoms with Gasteiger partial charge in [0.15, 0.2) is 0 Å². The molecular formula is C19H25NO4. The van der Waals surface area contributed by atoms with Crippen LogP contribution in [0.15, 0.2) is 36.4 Å². The molecule has 0 spiro atoms. The summed E-state index contributed by atoms with van der Waals surface area (Å²) in [5.41, 5.74) is 3.00. The lowest BCUT2D eigenvalue weighted by molar-refractivity contribution is 0.217. The zero-order chi connectivity index (χ0) is 17.5. The van der Waals surface area contributed by atoms with Crippen LogP contribution in [0.5, 0.6) is 17.2 Å². The van der Waals surface area contributed by atoms with Crippen LogP contribution in [0.3, 0.4) is 0 Å². The number of rotatable bonds is 8. The number of likely N-dealkylation sites (N-methyl/N-ethyl adjacent to an activating group) is 1. The number of aliphatic hydroxyl groups is 1. The van der Waals surface area contributed by atoms with Crippen molar-refractivity contribution in [2.24, 2.45) is 0 Å². The summed E-state index contributed by atoms with van der Waals surface area (Å²) in [6.45, 7) is 1.51. The Hall–Kier alpha value is -2.24. The Morgan fingerprint density at radius 1 is 0.875 bits per heavy atom. The molecule has 0 heterocycles. The maximum Gasteiger partial charge on any atom is 0.127 e. The Bertz CT molecular complexity index is 672. The van der Waals surface area contributed by atoms with Crippen molar-refractivity contribution in [1.29, 1.82) is 0 Å². The monoisotopic (exact) mass is 331 g/mol. The van der Waals surface area contributed by atoms with Gasteiger partial charge in [0.25, 0.3) is 0 Å². The van der Waals surface area contributed by atoms with Gasteiger partial charge in [0.2, 0.25) is 0 Å².